The fourth-order valence-corrected chi connectivity index (χ4v) is 4.91. The Hall–Kier alpha value is -3.92. The third-order valence-corrected chi connectivity index (χ3v) is 7.04. The van der Waals surface area contributed by atoms with Crippen molar-refractivity contribution in [2.24, 2.45) is 5.92 Å². The molecule has 35 heavy (non-hydrogen) atoms. The Morgan fingerprint density at radius 1 is 0.857 bits per heavy atom. The summed E-state index contributed by atoms with van der Waals surface area (Å²) in [6, 6.07) is 19.7. The summed E-state index contributed by atoms with van der Waals surface area (Å²) in [6.45, 7) is 0.782. The molecule has 1 saturated heterocycles. The van der Waals surface area contributed by atoms with Crippen LogP contribution >= 0.6 is 0 Å². The summed E-state index contributed by atoms with van der Waals surface area (Å²) in [4.78, 5) is 27.2. The fraction of sp³-hybridized carbons (Fsp3) is 0.200. The van der Waals surface area contributed by atoms with Crippen LogP contribution in [0, 0.1) is 11.7 Å². The number of hydrogen-bond acceptors (Lipinski definition) is 4. The van der Waals surface area contributed by atoms with Crippen molar-refractivity contribution >= 4 is 39.0 Å². The van der Waals surface area contributed by atoms with Crippen LogP contribution < -0.4 is 15.4 Å². The van der Waals surface area contributed by atoms with Gasteiger partial charge in [-0.05, 0) is 61.4 Å². The van der Waals surface area contributed by atoms with Crippen LogP contribution in [0.1, 0.15) is 12.8 Å². The molecule has 1 unspecified atom stereocenters. The van der Waals surface area contributed by atoms with Gasteiger partial charge in [-0.3, -0.25) is 9.52 Å². The van der Waals surface area contributed by atoms with Crippen LogP contribution in [0.3, 0.4) is 0 Å². The van der Waals surface area contributed by atoms with Crippen LogP contribution in [-0.2, 0) is 14.8 Å². The topological polar surface area (TPSA) is 108 Å². The smallest absolute Gasteiger partial charge is 0.321 e. The van der Waals surface area contributed by atoms with Crippen molar-refractivity contribution < 1.29 is 22.4 Å². The molecule has 1 fully saturated rings. The lowest BCUT2D eigenvalue weighted by Gasteiger charge is -2.32. The lowest BCUT2D eigenvalue weighted by atomic mass is 9.97. The number of nitrogens with zero attached hydrogens (tertiary/aromatic N) is 1. The van der Waals surface area contributed by atoms with Gasteiger partial charge in [-0.2, -0.15) is 0 Å². The maximum Gasteiger partial charge on any atom is 0.321 e. The summed E-state index contributed by atoms with van der Waals surface area (Å²) < 4.78 is 41.1. The number of urea groups is 1. The summed E-state index contributed by atoms with van der Waals surface area (Å²) in [5, 5.41) is 5.62. The molecule has 8 nitrogen and oxygen atoms in total. The second-order valence-corrected chi connectivity index (χ2v) is 9.86. The van der Waals surface area contributed by atoms with Crippen molar-refractivity contribution in [2.75, 3.05) is 28.4 Å². The predicted octanol–water partition coefficient (Wildman–Crippen LogP) is 4.51. The van der Waals surface area contributed by atoms with Gasteiger partial charge in [-0.1, -0.05) is 30.3 Å². The zero-order chi connectivity index (χ0) is 24.8. The number of carbonyl (C=O) groups is 2. The molecule has 3 N–H and O–H groups in total. The Kier molecular flexibility index (Phi) is 7.31. The zero-order valence-electron chi connectivity index (χ0n) is 18.8. The van der Waals surface area contributed by atoms with Gasteiger partial charge in [0, 0.05) is 18.8 Å². The molecule has 0 aliphatic carbocycles. The van der Waals surface area contributed by atoms with E-state index in [2.05, 4.69) is 15.4 Å². The molecular weight excluding hydrogens is 471 g/mol. The average Bonchev–Trinajstić information content (AvgIpc) is 2.86. The SMILES string of the molecule is O=C(Nc1ccccc1NS(=O)(=O)c1ccc(F)cc1)C1CCCN(C(=O)Nc2ccccc2)C1. The second kappa shape index (κ2) is 10.6. The summed E-state index contributed by atoms with van der Waals surface area (Å²) in [6.07, 6.45) is 1.27. The molecule has 182 valence electrons. The normalized spacial score (nSPS) is 15.8. The van der Waals surface area contributed by atoms with Crippen LogP contribution in [-0.4, -0.2) is 38.3 Å². The third-order valence-electron chi connectivity index (χ3n) is 5.66. The molecule has 1 atom stereocenters. The highest BCUT2D eigenvalue weighted by atomic mass is 32.2. The summed E-state index contributed by atoms with van der Waals surface area (Å²) in [5.41, 5.74) is 1.14. The highest BCUT2D eigenvalue weighted by molar-refractivity contribution is 7.92. The summed E-state index contributed by atoms with van der Waals surface area (Å²) in [7, 11) is -3.99. The molecule has 4 rings (SSSR count). The highest BCUT2D eigenvalue weighted by Gasteiger charge is 2.29. The molecule has 0 spiro atoms. The molecule has 1 aliphatic rings. The number of anilines is 3. The van der Waals surface area contributed by atoms with Gasteiger partial charge in [0.25, 0.3) is 10.0 Å². The Morgan fingerprint density at radius 2 is 1.51 bits per heavy atom. The molecule has 1 heterocycles. The zero-order valence-corrected chi connectivity index (χ0v) is 19.6. The van der Waals surface area contributed by atoms with E-state index in [-0.39, 0.29) is 34.8 Å². The first-order valence-corrected chi connectivity index (χ1v) is 12.6. The molecule has 0 aromatic heterocycles. The van der Waals surface area contributed by atoms with Crippen molar-refractivity contribution in [3.63, 3.8) is 0 Å². The van der Waals surface area contributed by atoms with Crippen LogP contribution in [0.4, 0.5) is 26.2 Å². The van der Waals surface area contributed by atoms with Crippen LogP contribution in [0.5, 0.6) is 0 Å². The molecule has 0 radical (unpaired) electrons. The third kappa shape index (κ3) is 6.15. The fourth-order valence-electron chi connectivity index (χ4n) is 3.83. The molecule has 0 saturated carbocycles. The Balaban J connectivity index is 1.42. The molecule has 10 heteroatoms. The van der Waals surface area contributed by atoms with E-state index in [1.54, 1.807) is 35.2 Å². The summed E-state index contributed by atoms with van der Waals surface area (Å²) in [5.74, 6) is -1.31. The number of likely N-dealkylation sites (tertiary alicyclic amines) is 1. The first-order chi connectivity index (χ1) is 16.8. The van der Waals surface area contributed by atoms with E-state index >= 15 is 0 Å². The molecular formula is C25H25FN4O4S. The van der Waals surface area contributed by atoms with Crippen molar-refractivity contribution in [3.05, 3.63) is 84.7 Å². The first kappa shape index (κ1) is 24.2. The molecule has 0 bridgehead atoms. The minimum absolute atomic E-state index is 0.104. The lowest BCUT2D eigenvalue weighted by Crippen LogP contribution is -2.45. The second-order valence-electron chi connectivity index (χ2n) is 8.18. The number of amides is 3. The Labute approximate surface area is 203 Å². The van der Waals surface area contributed by atoms with Gasteiger partial charge < -0.3 is 15.5 Å². The maximum atomic E-state index is 13.2. The number of hydrogen-bond donors (Lipinski definition) is 3. The first-order valence-electron chi connectivity index (χ1n) is 11.1. The number of para-hydroxylation sites is 3. The quantitative estimate of drug-likeness (QED) is 0.467. The highest BCUT2D eigenvalue weighted by Crippen LogP contribution is 2.27. The van der Waals surface area contributed by atoms with Crippen LogP contribution in [0.2, 0.25) is 0 Å². The molecule has 3 aromatic carbocycles. The minimum Gasteiger partial charge on any atom is -0.324 e. The van der Waals surface area contributed by atoms with Gasteiger partial charge in [-0.25, -0.2) is 17.6 Å². The minimum atomic E-state index is -3.99. The predicted molar refractivity (Wildman–Crippen MR) is 132 cm³/mol. The van der Waals surface area contributed by atoms with Gasteiger partial charge in [0.15, 0.2) is 0 Å². The van der Waals surface area contributed by atoms with Gasteiger partial charge >= 0.3 is 6.03 Å². The van der Waals surface area contributed by atoms with Crippen molar-refractivity contribution in [2.45, 2.75) is 17.7 Å². The number of nitrogens with one attached hydrogen (secondary N) is 3. The number of piperidine rings is 1. The number of rotatable bonds is 6. The van der Waals surface area contributed by atoms with E-state index in [9.17, 15) is 22.4 Å². The molecule has 3 aromatic rings. The van der Waals surface area contributed by atoms with Crippen molar-refractivity contribution in [3.8, 4) is 0 Å². The maximum absolute atomic E-state index is 13.2. The van der Waals surface area contributed by atoms with Gasteiger partial charge in [0.2, 0.25) is 5.91 Å². The Bertz CT molecular complexity index is 1300. The number of sulfonamides is 1. The van der Waals surface area contributed by atoms with Crippen LogP contribution in [0.25, 0.3) is 0 Å². The van der Waals surface area contributed by atoms with E-state index in [0.29, 0.717) is 25.1 Å². The van der Waals surface area contributed by atoms with Gasteiger partial charge in [0.1, 0.15) is 5.82 Å². The summed E-state index contributed by atoms with van der Waals surface area (Å²) >= 11 is 0. The van der Waals surface area contributed by atoms with Gasteiger partial charge in [-0.15, -0.1) is 0 Å². The average molecular weight is 497 g/mol. The molecule has 3 amide bonds. The van der Waals surface area contributed by atoms with E-state index in [1.165, 1.54) is 6.07 Å². The molecule has 1 aliphatic heterocycles. The van der Waals surface area contributed by atoms with Crippen LogP contribution in [0.15, 0.2) is 83.8 Å². The largest absolute Gasteiger partial charge is 0.324 e. The lowest BCUT2D eigenvalue weighted by molar-refractivity contribution is -0.121. The van der Waals surface area contributed by atoms with E-state index in [1.807, 2.05) is 18.2 Å². The van der Waals surface area contributed by atoms with E-state index < -0.39 is 21.8 Å². The number of carbonyl (C=O) groups excluding carboxylic acids is 2. The monoisotopic (exact) mass is 496 g/mol. The standard InChI is InChI=1S/C25H25FN4O4S/c26-19-12-14-21(15-13-19)35(33,34)29-23-11-5-4-10-22(23)28-24(31)18-7-6-16-30(17-18)25(32)27-20-8-2-1-3-9-20/h1-5,8-15,18,29H,6-7,16-17H2,(H,27,32)(H,28,31). The van der Waals surface area contributed by atoms with E-state index in [4.69, 9.17) is 0 Å². The van der Waals surface area contributed by atoms with E-state index in [0.717, 1.165) is 24.3 Å². The van der Waals surface area contributed by atoms with Crippen molar-refractivity contribution in [1.29, 1.82) is 0 Å². The number of halogens is 1. The number of benzene rings is 3. The van der Waals surface area contributed by atoms with Crippen molar-refractivity contribution in [1.82, 2.24) is 4.90 Å². The Morgan fingerprint density at radius 3 is 2.23 bits per heavy atom. The van der Waals surface area contributed by atoms with Gasteiger partial charge in [0.05, 0.1) is 22.2 Å².